The Labute approximate surface area is 131 Å². The number of nitro benzene ring substituents is 1. The molecule has 0 bridgehead atoms. The number of unbranched alkanes of at least 4 members (excludes halogenated alkanes) is 2. The van der Waals surface area contributed by atoms with Crippen molar-refractivity contribution in [2.75, 3.05) is 18.5 Å². The molecule has 120 valence electrons. The lowest BCUT2D eigenvalue weighted by Gasteiger charge is -2.07. The molecule has 0 heterocycles. The molecule has 0 atom stereocenters. The molecule has 0 unspecified atom stereocenters. The number of nitrogens with zero attached hydrogens (tertiary/aromatic N) is 1. The summed E-state index contributed by atoms with van der Waals surface area (Å²) in [6.07, 6.45) is 2.00. The molecule has 0 fully saturated rings. The average molecular weight is 330 g/mol. The zero-order valence-corrected chi connectivity index (χ0v) is 12.4. The summed E-state index contributed by atoms with van der Waals surface area (Å²) in [6.45, 7) is 0.384. The lowest BCUT2D eigenvalue weighted by Crippen LogP contribution is -2.36. The largest absolute Gasteiger partial charge is 0.396 e. The first kappa shape index (κ1) is 17.9. The fraction of sp³-hybridized carbons (Fsp3) is 0.385. The normalized spacial score (nSPS) is 10.1. The molecule has 0 aliphatic rings. The highest BCUT2D eigenvalue weighted by Gasteiger charge is 2.16. The quantitative estimate of drug-likeness (QED) is 0.302. The number of nitrogens with one attached hydrogen (secondary N) is 2. The Kier molecular flexibility index (Phi) is 7.27. The minimum atomic E-state index is -0.954. The Bertz CT molecular complexity index is 565. The van der Waals surface area contributed by atoms with Crippen molar-refractivity contribution in [1.29, 1.82) is 0 Å². The van der Waals surface area contributed by atoms with E-state index >= 15 is 0 Å². The van der Waals surface area contributed by atoms with Gasteiger partial charge >= 0.3 is 11.8 Å². The Hall–Kier alpha value is -2.19. The zero-order chi connectivity index (χ0) is 16.5. The Morgan fingerprint density at radius 3 is 2.59 bits per heavy atom. The molecule has 22 heavy (non-hydrogen) atoms. The van der Waals surface area contributed by atoms with Crippen LogP contribution in [-0.4, -0.2) is 35.0 Å². The Morgan fingerprint density at radius 1 is 1.23 bits per heavy atom. The smallest absolute Gasteiger partial charge is 0.313 e. The van der Waals surface area contributed by atoms with Crippen LogP contribution < -0.4 is 10.6 Å². The fourth-order valence-electron chi connectivity index (χ4n) is 1.60. The van der Waals surface area contributed by atoms with Crippen molar-refractivity contribution >= 4 is 34.8 Å². The number of non-ortho nitro benzene ring substituents is 1. The van der Waals surface area contributed by atoms with Crippen LogP contribution in [0.2, 0.25) is 5.02 Å². The molecule has 0 saturated heterocycles. The van der Waals surface area contributed by atoms with Crippen molar-refractivity contribution in [1.82, 2.24) is 5.32 Å². The summed E-state index contributed by atoms with van der Waals surface area (Å²) >= 11 is 5.82. The van der Waals surface area contributed by atoms with E-state index in [1.165, 1.54) is 12.1 Å². The molecular formula is C13H16ClN3O5. The molecule has 3 N–H and O–H groups in total. The number of carbonyl (C=O) groups is 2. The molecule has 1 aromatic carbocycles. The number of hydrogen-bond acceptors (Lipinski definition) is 5. The van der Waals surface area contributed by atoms with Gasteiger partial charge in [0.25, 0.3) is 5.69 Å². The molecule has 1 rings (SSSR count). The van der Waals surface area contributed by atoms with Gasteiger partial charge in [-0.1, -0.05) is 11.6 Å². The van der Waals surface area contributed by atoms with Crippen molar-refractivity contribution < 1.29 is 19.6 Å². The van der Waals surface area contributed by atoms with E-state index in [1.54, 1.807) is 0 Å². The monoisotopic (exact) mass is 329 g/mol. The highest BCUT2D eigenvalue weighted by molar-refractivity contribution is 6.41. The van der Waals surface area contributed by atoms with Gasteiger partial charge in [-0.2, -0.15) is 0 Å². The van der Waals surface area contributed by atoms with Crippen LogP contribution >= 0.6 is 11.6 Å². The van der Waals surface area contributed by atoms with Gasteiger partial charge in [-0.15, -0.1) is 0 Å². The van der Waals surface area contributed by atoms with Crippen LogP contribution in [0.3, 0.4) is 0 Å². The summed E-state index contributed by atoms with van der Waals surface area (Å²) < 4.78 is 0. The molecule has 0 radical (unpaired) electrons. The maximum Gasteiger partial charge on any atom is 0.313 e. The van der Waals surface area contributed by atoms with Crippen LogP contribution in [0.15, 0.2) is 18.2 Å². The van der Waals surface area contributed by atoms with Gasteiger partial charge < -0.3 is 15.7 Å². The maximum atomic E-state index is 11.7. The molecule has 1 aromatic rings. The van der Waals surface area contributed by atoms with E-state index in [9.17, 15) is 19.7 Å². The van der Waals surface area contributed by atoms with Gasteiger partial charge in [-0.3, -0.25) is 19.7 Å². The Morgan fingerprint density at radius 2 is 1.95 bits per heavy atom. The number of benzene rings is 1. The Balaban J connectivity index is 2.55. The van der Waals surface area contributed by atoms with E-state index in [1.807, 2.05) is 0 Å². The van der Waals surface area contributed by atoms with Crippen LogP contribution in [0.5, 0.6) is 0 Å². The number of halogens is 1. The lowest BCUT2D eigenvalue weighted by molar-refractivity contribution is -0.384. The molecule has 0 aliphatic carbocycles. The fourth-order valence-corrected chi connectivity index (χ4v) is 1.76. The molecule has 8 nitrogen and oxygen atoms in total. The topological polar surface area (TPSA) is 122 Å². The van der Waals surface area contributed by atoms with Crippen LogP contribution in [-0.2, 0) is 9.59 Å². The first-order valence-electron chi connectivity index (χ1n) is 6.59. The van der Waals surface area contributed by atoms with Crippen LogP contribution in [0.1, 0.15) is 19.3 Å². The highest BCUT2D eigenvalue weighted by atomic mass is 35.5. The minimum absolute atomic E-state index is 0.00343. The first-order chi connectivity index (χ1) is 10.5. The summed E-state index contributed by atoms with van der Waals surface area (Å²) in [5.41, 5.74) is -0.250. The molecule has 0 saturated carbocycles. The standard InChI is InChI=1S/C13H16ClN3O5/c14-10-5-4-9(17(21)22)8-11(10)16-13(20)12(19)15-6-2-1-3-7-18/h4-5,8,18H,1-3,6-7H2,(H,15,19)(H,16,20). The van der Waals surface area contributed by atoms with E-state index in [0.29, 0.717) is 19.4 Å². The van der Waals surface area contributed by atoms with E-state index in [-0.39, 0.29) is 23.0 Å². The summed E-state index contributed by atoms with van der Waals surface area (Å²) in [4.78, 5) is 33.3. The van der Waals surface area contributed by atoms with E-state index in [0.717, 1.165) is 12.5 Å². The number of rotatable bonds is 7. The van der Waals surface area contributed by atoms with Gasteiger partial charge in [0, 0.05) is 25.3 Å². The van der Waals surface area contributed by atoms with Gasteiger partial charge in [0.1, 0.15) is 0 Å². The van der Waals surface area contributed by atoms with Gasteiger partial charge in [0.15, 0.2) is 0 Å². The van der Waals surface area contributed by atoms with Crippen LogP contribution in [0.4, 0.5) is 11.4 Å². The number of carbonyl (C=O) groups excluding carboxylic acids is 2. The molecule has 0 spiro atoms. The predicted octanol–water partition coefficient (Wildman–Crippen LogP) is 1.47. The minimum Gasteiger partial charge on any atom is -0.396 e. The van der Waals surface area contributed by atoms with Crippen LogP contribution in [0, 0.1) is 10.1 Å². The zero-order valence-electron chi connectivity index (χ0n) is 11.7. The number of aliphatic hydroxyl groups excluding tert-OH is 1. The van der Waals surface area contributed by atoms with Gasteiger partial charge in [0.2, 0.25) is 0 Å². The summed E-state index contributed by atoms with van der Waals surface area (Å²) in [5, 5.41) is 24.0. The SMILES string of the molecule is O=C(NCCCCCO)C(=O)Nc1cc([N+](=O)[O-])ccc1Cl. The highest BCUT2D eigenvalue weighted by Crippen LogP contribution is 2.26. The van der Waals surface area contributed by atoms with Crippen LogP contribution in [0.25, 0.3) is 0 Å². The van der Waals surface area contributed by atoms with Crippen molar-refractivity contribution in [3.8, 4) is 0 Å². The molecule has 9 heteroatoms. The third kappa shape index (κ3) is 5.66. The predicted molar refractivity (Wildman–Crippen MR) is 80.7 cm³/mol. The van der Waals surface area contributed by atoms with E-state index in [2.05, 4.69) is 10.6 Å². The number of nitro groups is 1. The van der Waals surface area contributed by atoms with Gasteiger partial charge in [-0.05, 0) is 25.3 Å². The summed E-state index contributed by atoms with van der Waals surface area (Å²) in [7, 11) is 0. The number of hydrogen-bond donors (Lipinski definition) is 3. The maximum absolute atomic E-state index is 11.7. The second-order valence-corrected chi connectivity index (χ2v) is 4.82. The first-order valence-corrected chi connectivity index (χ1v) is 6.97. The summed E-state index contributed by atoms with van der Waals surface area (Å²) in [6, 6.07) is 3.54. The third-order valence-electron chi connectivity index (χ3n) is 2.74. The van der Waals surface area contributed by atoms with Gasteiger partial charge in [-0.25, -0.2) is 0 Å². The molecule has 0 aromatic heterocycles. The van der Waals surface area contributed by atoms with Gasteiger partial charge in [0.05, 0.1) is 15.6 Å². The second kappa shape index (κ2) is 8.96. The number of aliphatic hydroxyl groups is 1. The molecule has 0 aliphatic heterocycles. The molecule has 2 amide bonds. The third-order valence-corrected chi connectivity index (χ3v) is 3.07. The van der Waals surface area contributed by atoms with Crippen molar-refractivity contribution in [2.24, 2.45) is 0 Å². The van der Waals surface area contributed by atoms with Crippen molar-refractivity contribution in [3.05, 3.63) is 33.3 Å². The van der Waals surface area contributed by atoms with E-state index in [4.69, 9.17) is 16.7 Å². The average Bonchev–Trinajstić information content (AvgIpc) is 2.48. The molecular weight excluding hydrogens is 314 g/mol. The summed E-state index contributed by atoms with van der Waals surface area (Å²) in [5.74, 6) is -1.81. The lowest BCUT2D eigenvalue weighted by atomic mass is 10.2. The number of amides is 2. The van der Waals surface area contributed by atoms with E-state index < -0.39 is 16.7 Å². The van der Waals surface area contributed by atoms with Crippen molar-refractivity contribution in [3.63, 3.8) is 0 Å². The second-order valence-electron chi connectivity index (χ2n) is 4.42. The van der Waals surface area contributed by atoms with Crippen molar-refractivity contribution in [2.45, 2.75) is 19.3 Å². The number of anilines is 1.